The molecule has 80 valence electrons. The summed E-state index contributed by atoms with van der Waals surface area (Å²) >= 11 is 0. The summed E-state index contributed by atoms with van der Waals surface area (Å²) < 4.78 is 11.4. The van der Waals surface area contributed by atoms with E-state index in [1.807, 2.05) is 0 Å². The summed E-state index contributed by atoms with van der Waals surface area (Å²) in [6.45, 7) is 6.03. The number of hydrogen-bond donors (Lipinski definition) is 3. The molecule has 0 saturated carbocycles. The molecular weight excluding hydrogens is 182 g/mol. The number of rotatable bonds is 0. The fourth-order valence-electron chi connectivity index (χ4n) is 2.20. The quantitative estimate of drug-likeness (QED) is 0.432. The van der Waals surface area contributed by atoms with Gasteiger partial charge in [-0.3, -0.25) is 5.32 Å². The number of morpholine rings is 1. The van der Waals surface area contributed by atoms with Crippen molar-refractivity contribution in [2.24, 2.45) is 0 Å². The molecule has 3 fully saturated rings. The summed E-state index contributed by atoms with van der Waals surface area (Å²) in [7, 11) is 0. The highest BCUT2D eigenvalue weighted by Gasteiger charge is 2.47. The van der Waals surface area contributed by atoms with Gasteiger partial charge in [-0.05, 0) is 0 Å². The van der Waals surface area contributed by atoms with Gasteiger partial charge in [-0.1, -0.05) is 0 Å². The highest BCUT2D eigenvalue weighted by molar-refractivity contribution is 5.03. The first-order valence-corrected chi connectivity index (χ1v) is 5.25. The van der Waals surface area contributed by atoms with E-state index in [2.05, 4.69) is 16.0 Å². The van der Waals surface area contributed by atoms with Gasteiger partial charge >= 0.3 is 0 Å². The Balaban J connectivity index is 1.63. The lowest BCUT2D eigenvalue weighted by atomic mass is 9.95. The maximum absolute atomic E-state index is 5.88. The lowest BCUT2D eigenvalue weighted by molar-refractivity contribution is -0.171. The molecule has 3 rings (SSSR count). The van der Waals surface area contributed by atoms with Crippen LogP contribution < -0.4 is 16.0 Å². The minimum Gasteiger partial charge on any atom is -0.378 e. The van der Waals surface area contributed by atoms with Gasteiger partial charge in [-0.25, -0.2) is 0 Å². The first kappa shape index (κ1) is 9.06. The van der Waals surface area contributed by atoms with Crippen LogP contribution in [0.4, 0.5) is 0 Å². The Morgan fingerprint density at radius 1 is 1.00 bits per heavy atom. The lowest BCUT2D eigenvalue weighted by Gasteiger charge is -2.52. The molecular formula is C9H17N3O2. The van der Waals surface area contributed by atoms with Crippen LogP contribution in [0.25, 0.3) is 0 Å². The van der Waals surface area contributed by atoms with Crippen LogP contribution in [0.1, 0.15) is 0 Å². The Labute approximate surface area is 83.5 Å². The van der Waals surface area contributed by atoms with Crippen molar-refractivity contribution in [3.63, 3.8) is 0 Å². The molecule has 0 radical (unpaired) electrons. The first-order chi connectivity index (χ1) is 6.83. The molecule has 1 unspecified atom stereocenters. The molecule has 3 aliphatic rings. The molecule has 14 heavy (non-hydrogen) atoms. The van der Waals surface area contributed by atoms with Crippen LogP contribution in [-0.4, -0.2) is 57.3 Å². The predicted octanol–water partition coefficient (Wildman–Crippen LogP) is -1.74. The molecule has 0 amide bonds. The molecule has 0 aliphatic carbocycles. The minimum absolute atomic E-state index is 0.0130. The van der Waals surface area contributed by atoms with Gasteiger partial charge in [0.1, 0.15) is 5.72 Å². The second-order valence-corrected chi connectivity index (χ2v) is 4.50. The molecule has 5 heteroatoms. The SMILES string of the molecule is C1COCC2(CNC3(CNC3)OC2)N1. The van der Waals surface area contributed by atoms with Crippen LogP contribution >= 0.6 is 0 Å². The normalized spacial score (nSPS) is 41.1. The lowest BCUT2D eigenvalue weighted by Crippen LogP contribution is -2.78. The molecule has 2 spiro atoms. The summed E-state index contributed by atoms with van der Waals surface area (Å²) in [5.41, 5.74) is -0.0660. The Morgan fingerprint density at radius 2 is 1.93 bits per heavy atom. The molecule has 0 aromatic heterocycles. The summed E-state index contributed by atoms with van der Waals surface area (Å²) in [6, 6.07) is 0. The van der Waals surface area contributed by atoms with Gasteiger partial charge in [0.2, 0.25) is 0 Å². The summed E-state index contributed by atoms with van der Waals surface area (Å²) in [6.07, 6.45) is 0. The molecule has 5 nitrogen and oxygen atoms in total. The van der Waals surface area contributed by atoms with Gasteiger partial charge in [0, 0.05) is 26.2 Å². The molecule has 3 heterocycles. The highest BCUT2D eigenvalue weighted by Crippen LogP contribution is 2.23. The summed E-state index contributed by atoms with van der Waals surface area (Å²) in [4.78, 5) is 0. The van der Waals surface area contributed by atoms with Crippen molar-refractivity contribution in [1.29, 1.82) is 0 Å². The number of ether oxygens (including phenoxy) is 2. The van der Waals surface area contributed by atoms with E-state index >= 15 is 0 Å². The second-order valence-electron chi connectivity index (χ2n) is 4.50. The van der Waals surface area contributed by atoms with E-state index in [0.29, 0.717) is 0 Å². The average Bonchev–Trinajstić information content (AvgIpc) is 2.18. The van der Waals surface area contributed by atoms with E-state index in [0.717, 1.165) is 46.0 Å². The van der Waals surface area contributed by atoms with Crippen LogP contribution in [0, 0.1) is 0 Å². The zero-order chi connectivity index (χ0) is 9.49. The van der Waals surface area contributed by atoms with Crippen molar-refractivity contribution in [3.05, 3.63) is 0 Å². The van der Waals surface area contributed by atoms with E-state index < -0.39 is 0 Å². The minimum atomic E-state index is -0.0790. The van der Waals surface area contributed by atoms with Gasteiger partial charge < -0.3 is 20.1 Å². The average molecular weight is 199 g/mol. The third kappa shape index (κ3) is 1.36. The van der Waals surface area contributed by atoms with E-state index in [-0.39, 0.29) is 11.3 Å². The maximum Gasteiger partial charge on any atom is 0.144 e. The van der Waals surface area contributed by atoms with Gasteiger partial charge in [-0.15, -0.1) is 0 Å². The van der Waals surface area contributed by atoms with E-state index in [1.54, 1.807) is 0 Å². The van der Waals surface area contributed by atoms with Crippen molar-refractivity contribution >= 4 is 0 Å². The zero-order valence-electron chi connectivity index (χ0n) is 8.27. The van der Waals surface area contributed by atoms with Crippen LogP contribution in [0.3, 0.4) is 0 Å². The standard InChI is InChI=1S/C9H17N3O2/c1-2-13-6-8(11-1)3-12-9(14-7-8)4-10-5-9/h10-12H,1-7H2. The van der Waals surface area contributed by atoms with Crippen molar-refractivity contribution in [3.8, 4) is 0 Å². The number of nitrogens with one attached hydrogen (secondary N) is 3. The topological polar surface area (TPSA) is 54.5 Å². The molecule has 0 aromatic carbocycles. The van der Waals surface area contributed by atoms with Gasteiger partial charge in [0.25, 0.3) is 0 Å². The Bertz CT molecular complexity index is 212. The predicted molar refractivity (Wildman–Crippen MR) is 51.1 cm³/mol. The zero-order valence-corrected chi connectivity index (χ0v) is 8.27. The molecule has 3 saturated heterocycles. The van der Waals surface area contributed by atoms with Crippen LogP contribution in [0.15, 0.2) is 0 Å². The van der Waals surface area contributed by atoms with Crippen LogP contribution in [-0.2, 0) is 9.47 Å². The first-order valence-electron chi connectivity index (χ1n) is 5.25. The third-order valence-electron chi connectivity index (χ3n) is 3.32. The van der Waals surface area contributed by atoms with E-state index in [4.69, 9.17) is 9.47 Å². The smallest absolute Gasteiger partial charge is 0.144 e. The van der Waals surface area contributed by atoms with Crippen molar-refractivity contribution in [2.75, 3.05) is 46.0 Å². The van der Waals surface area contributed by atoms with Crippen molar-refractivity contribution < 1.29 is 9.47 Å². The number of hydrogen-bond acceptors (Lipinski definition) is 5. The maximum atomic E-state index is 5.88. The third-order valence-corrected chi connectivity index (χ3v) is 3.32. The second kappa shape index (κ2) is 3.15. The molecule has 0 bridgehead atoms. The fourth-order valence-corrected chi connectivity index (χ4v) is 2.20. The monoisotopic (exact) mass is 199 g/mol. The molecule has 0 aromatic rings. The highest BCUT2D eigenvalue weighted by atomic mass is 16.5. The molecule has 1 atom stereocenters. The van der Waals surface area contributed by atoms with Crippen molar-refractivity contribution in [1.82, 2.24) is 16.0 Å². The summed E-state index contributed by atoms with van der Waals surface area (Å²) in [5, 5.41) is 10.2. The Hall–Kier alpha value is -0.200. The van der Waals surface area contributed by atoms with E-state index in [1.165, 1.54) is 0 Å². The summed E-state index contributed by atoms with van der Waals surface area (Å²) in [5.74, 6) is 0. The van der Waals surface area contributed by atoms with E-state index in [9.17, 15) is 0 Å². The van der Waals surface area contributed by atoms with Crippen LogP contribution in [0.5, 0.6) is 0 Å². The molecule has 3 N–H and O–H groups in total. The fraction of sp³-hybridized carbons (Fsp3) is 1.00. The molecule has 3 aliphatic heterocycles. The van der Waals surface area contributed by atoms with Crippen LogP contribution in [0.2, 0.25) is 0 Å². The largest absolute Gasteiger partial charge is 0.378 e. The van der Waals surface area contributed by atoms with Crippen molar-refractivity contribution in [2.45, 2.75) is 11.3 Å². The van der Waals surface area contributed by atoms with Gasteiger partial charge in [-0.2, -0.15) is 0 Å². The van der Waals surface area contributed by atoms with Gasteiger partial charge in [0.15, 0.2) is 0 Å². The Kier molecular flexibility index (Phi) is 2.04. The Morgan fingerprint density at radius 3 is 2.43 bits per heavy atom. The van der Waals surface area contributed by atoms with Gasteiger partial charge in [0.05, 0.1) is 25.4 Å².